The highest BCUT2D eigenvalue weighted by molar-refractivity contribution is 6.28. The molecular weight excluding hydrogens is 255 g/mol. The molecule has 1 fully saturated rings. The molecule has 0 amide bonds. The Kier molecular flexibility index (Phi) is 2.51. The molecule has 0 aromatic carbocycles. The summed E-state index contributed by atoms with van der Waals surface area (Å²) in [6.45, 7) is 5.36. The van der Waals surface area contributed by atoms with E-state index >= 15 is 0 Å². The van der Waals surface area contributed by atoms with Crippen LogP contribution < -0.4 is 0 Å². The molecular formula is C10H13ClF3N3. The van der Waals surface area contributed by atoms with Gasteiger partial charge in [0.15, 0.2) is 0 Å². The van der Waals surface area contributed by atoms with E-state index in [2.05, 4.69) is 10.2 Å². The van der Waals surface area contributed by atoms with Crippen molar-refractivity contribution in [2.75, 3.05) is 0 Å². The van der Waals surface area contributed by atoms with Gasteiger partial charge in [0.25, 0.3) is 0 Å². The highest BCUT2D eigenvalue weighted by atomic mass is 35.5. The Hall–Kier alpha value is -0.780. The van der Waals surface area contributed by atoms with E-state index in [1.807, 2.05) is 0 Å². The second-order valence-electron chi connectivity index (χ2n) is 5.41. The Morgan fingerprint density at radius 1 is 1.18 bits per heavy atom. The Bertz CT molecular complexity index is 441. The molecule has 1 saturated carbocycles. The predicted molar refractivity (Wildman–Crippen MR) is 57.0 cm³/mol. The third-order valence-electron chi connectivity index (χ3n) is 2.97. The first kappa shape index (κ1) is 12.7. The summed E-state index contributed by atoms with van der Waals surface area (Å²) in [6.07, 6.45) is -4.24. The zero-order valence-corrected chi connectivity index (χ0v) is 10.5. The first-order chi connectivity index (χ1) is 7.59. The molecule has 2 rings (SSSR count). The van der Waals surface area contributed by atoms with Gasteiger partial charge >= 0.3 is 6.18 Å². The van der Waals surface area contributed by atoms with Crippen molar-refractivity contribution in [2.24, 2.45) is 0 Å². The Morgan fingerprint density at radius 3 is 2.06 bits per heavy atom. The van der Waals surface area contributed by atoms with E-state index in [4.69, 9.17) is 11.6 Å². The van der Waals surface area contributed by atoms with Crippen molar-refractivity contribution in [3.8, 4) is 0 Å². The van der Waals surface area contributed by atoms with Crippen LogP contribution in [0.1, 0.15) is 39.4 Å². The zero-order chi connectivity index (χ0) is 13.1. The van der Waals surface area contributed by atoms with Crippen LogP contribution in [0.25, 0.3) is 0 Å². The van der Waals surface area contributed by atoms with Crippen molar-refractivity contribution < 1.29 is 13.2 Å². The van der Waals surface area contributed by atoms with Crippen molar-refractivity contribution in [3.63, 3.8) is 0 Å². The molecule has 0 spiro atoms. The predicted octanol–water partition coefficient (Wildman–Crippen LogP) is 3.28. The van der Waals surface area contributed by atoms with Crippen molar-refractivity contribution in [2.45, 2.75) is 50.7 Å². The minimum Gasteiger partial charge on any atom is -0.286 e. The smallest absolute Gasteiger partial charge is 0.286 e. The van der Waals surface area contributed by atoms with Crippen LogP contribution in [0.15, 0.2) is 0 Å². The molecule has 1 aromatic rings. The normalized spacial score (nSPS) is 19.5. The van der Waals surface area contributed by atoms with Crippen molar-refractivity contribution in [1.29, 1.82) is 0 Å². The maximum Gasteiger partial charge on any atom is 0.412 e. The van der Waals surface area contributed by atoms with Crippen LogP contribution in [0.4, 0.5) is 13.2 Å². The lowest BCUT2D eigenvalue weighted by Crippen LogP contribution is -2.38. The zero-order valence-electron chi connectivity index (χ0n) is 9.77. The van der Waals surface area contributed by atoms with Gasteiger partial charge in [0.1, 0.15) is 11.4 Å². The van der Waals surface area contributed by atoms with Gasteiger partial charge in [-0.3, -0.25) is 4.57 Å². The van der Waals surface area contributed by atoms with Gasteiger partial charge in [0.05, 0.1) is 0 Å². The highest BCUT2D eigenvalue weighted by Crippen LogP contribution is 2.57. The van der Waals surface area contributed by atoms with Crippen LogP contribution in [0, 0.1) is 0 Å². The molecule has 0 N–H and O–H groups in total. The Balaban J connectivity index is 2.57. The SMILES string of the molecule is CC(C)(C)c1nnc(Cl)n1C1(C(F)(F)F)CC1. The second kappa shape index (κ2) is 3.37. The van der Waals surface area contributed by atoms with Crippen LogP contribution >= 0.6 is 11.6 Å². The first-order valence-corrected chi connectivity index (χ1v) is 5.66. The van der Waals surface area contributed by atoms with E-state index in [0.29, 0.717) is 0 Å². The maximum atomic E-state index is 13.1. The molecule has 0 unspecified atom stereocenters. The highest BCUT2D eigenvalue weighted by Gasteiger charge is 2.66. The molecule has 0 radical (unpaired) electrons. The van der Waals surface area contributed by atoms with Crippen LogP contribution in [-0.2, 0) is 11.0 Å². The summed E-state index contributed by atoms with van der Waals surface area (Å²) < 4.78 is 40.3. The van der Waals surface area contributed by atoms with Crippen LogP contribution in [0.5, 0.6) is 0 Å². The molecule has 96 valence electrons. The van der Waals surface area contributed by atoms with E-state index in [-0.39, 0.29) is 23.9 Å². The number of nitrogens with zero attached hydrogens (tertiary/aromatic N) is 3. The molecule has 3 nitrogen and oxygen atoms in total. The van der Waals surface area contributed by atoms with Crippen LogP contribution in [-0.4, -0.2) is 20.9 Å². The average molecular weight is 268 g/mol. The van der Waals surface area contributed by atoms with Gasteiger partial charge in [-0.2, -0.15) is 13.2 Å². The summed E-state index contributed by atoms with van der Waals surface area (Å²) in [5.74, 6) is 0.275. The molecule has 1 heterocycles. The molecule has 0 saturated heterocycles. The van der Waals surface area contributed by atoms with Crippen LogP contribution in [0.3, 0.4) is 0 Å². The lowest BCUT2D eigenvalue weighted by molar-refractivity contribution is -0.180. The molecule has 1 aliphatic carbocycles. The number of aromatic nitrogens is 3. The van der Waals surface area contributed by atoms with Crippen molar-refractivity contribution >= 4 is 11.6 Å². The number of halogens is 4. The van der Waals surface area contributed by atoms with E-state index in [0.717, 1.165) is 4.57 Å². The van der Waals surface area contributed by atoms with Gasteiger partial charge in [-0.15, -0.1) is 10.2 Å². The van der Waals surface area contributed by atoms with Gasteiger partial charge in [0, 0.05) is 5.41 Å². The summed E-state index contributed by atoms with van der Waals surface area (Å²) in [5, 5.41) is 7.18. The summed E-state index contributed by atoms with van der Waals surface area (Å²) in [4.78, 5) is 0. The van der Waals surface area contributed by atoms with E-state index in [9.17, 15) is 13.2 Å². The van der Waals surface area contributed by atoms with Crippen molar-refractivity contribution in [3.05, 3.63) is 11.1 Å². The fourth-order valence-electron chi connectivity index (χ4n) is 1.88. The first-order valence-electron chi connectivity index (χ1n) is 5.28. The maximum absolute atomic E-state index is 13.1. The Morgan fingerprint density at radius 2 is 1.71 bits per heavy atom. The number of rotatable bonds is 1. The topological polar surface area (TPSA) is 30.7 Å². The van der Waals surface area contributed by atoms with E-state index < -0.39 is 17.1 Å². The monoisotopic (exact) mass is 267 g/mol. The number of alkyl halides is 3. The molecule has 0 bridgehead atoms. The molecule has 1 aliphatic rings. The fourth-order valence-corrected chi connectivity index (χ4v) is 2.16. The minimum atomic E-state index is -4.32. The average Bonchev–Trinajstić information content (AvgIpc) is 2.83. The molecule has 17 heavy (non-hydrogen) atoms. The van der Waals surface area contributed by atoms with Gasteiger partial charge < -0.3 is 0 Å². The van der Waals surface area contributed by atoms with Gasteiger partial charge in [-0.05, 0) is 24.4 Å². The fraction of sp³-hybridized carbons (Fsp3) is 0.800. The Labute approximate surface area is 102 Å². The van der Waals surface area contributed by atoms with Gasteiger partial charge in [-0.25, -0.2) is 0 Å². The molecule has 0 atom stereocenters. The second-order valence-corrected chi connectivity index (χ2v) is 5.75. The third-order valence-corrected chi connectivity index (χ3v) is 3.22. The van der Waals surface area contributed by atoms with Gasteiger partial charge in [0.2, 0.25) is 5.28 Å². The van der Waals surface area contributed by atoms with Crippen molar-refractivity contribution in [1.82, 2.24) is 14.8 Å². The summed E-state index contributed by atoms with van der Waals surface area (Å²) in [5.41, 5.74) is -2.42. The van der Waals surface area contributed by atoms with E-state index in [1.165, 1.54) is 0 Å². The molecule has 0 aliphatic heterocycles. The molecule has 7 heteroatoms. The third kappa shape index (κ3) is 1.82. The quantitative estimate of drug-likeness (QED) is 0.782. The largest absolute Gasteiger partial charge is 0.412 e. The summed E-state index contributed by atoms with van der Waals surface area (Å²) in [6, 6.07) is 0. The van der Waals surface area contributed by atoms with Crippen LogP contribution in [0.2, 0.25) is 5.28 Å². The van der Waals surface area contributed by atoms with Gasteiger partial charge in [-0.1, -0.05) is 20.8 Å². The minimum absolute atomic E-state index is 0.0390. The summed E-state index contributed by atoms with van der Waals surface area (Å²) in [7, 11) is 0. The lowest BCUT2D eigenvalue weighted by Gasteiger charge is -2.27. The summed E-state index contributed by atoms with van der Waals surface area (Å²) >= 11 is 5.77. The lowest BCUT2D eigenvalue weighted by atomic mass is 9.95. The van der Waals surface area contributed by atoms with E-state index in [1.54, 1.807) is 20.8 Å². The number of hydrogen-bond donors (Lipinski definition) is 0. The number of hydrogen-bond acceptors (Lipinski definition) is 2. The molecule has 1 aromatic heterocycles. The standard InChI is InChI=1S/C10H13ClF3N3/c1-8(2,3)6-15-16-7(11)17(6)9(4-5-9)10(12,13)14/h4-5H2,1-3H3.